The molecule has 0 radical (unpaired) electrons. The number of nitrogens with one attached hydrogen (secondary N) is 1. The first-order valence-corrected chi connectivity index (χ1v) is 12.3. The molecule has 0 spiro atoms. The number of amides is 2. The van der Waals surface area contributed by atoms with E-state index in [1.165, 1.54) is 23.0 Å². The number of aryl methyl sites for hydroxylation is 1. The molecule has 172 valence electrons. The number of carbonyl (C=O) groups is 2. The third-order valence-corrected chi connectivity index (χ3v) is 7.36. The van der Waals surface area contributed by atoms with Crippen LogP contribution in [0.25, 0.3) is 6.08 Å². The van der Waals surface area contributed by atoms with Crippen molar-refractivity contribution in [1.29, 1.82) is 0 Å². The van der Waals surface area contributed by atoms with Crippen LogP contribution in [0, 0.1) is 6.92 Å². The Hall–Kier alpha value is -3.51. The van der Waals surface area contributed by atoms with Gasteiger partial charge >= 0.3 is 0 Å². The zero-order valence-electron chi connectivity index (χ0n) is 19.3. The molecule has 0 bridgehead atoms. The van der Waals surface area contributed by atoms with Gasteiger partial charge in [-0.3, -0.25) is 9.59 Å². The Balaban J connectivity index is 1.30. The lowest BCUT2D eigenvalue weighted by atomic mass is 10.1. The van der Waals surface area contributed by atoms with E-state index in [1.54, 1.807) is 6.07 Å². The first-order chi connectivity index (χ1) is 16.5. The fourth-order valence-electron chi connectivity index (χ4n) is 4.51. The molecule has 3 aromatic rings. The van der Waals surface area contributed by atoms with Gasteiger partial charge in [0.25, 0.3) is 11.8 Å². The van der Waals surface area contributed by atoms with Crippen LogP contribution in [0.3, 0.4) is 0 Å². The molecule has 1 N–H and O–H groups in total. The molecule has 0 aromatic heterocycles. The molecule has 34 heavy (non-hydrogen) atoms. The molecule has 2 aliphatic heterocycles. The Morgan fingerprint density at radius 3 is 2.62 bits per heavy atom. The Morgan fingerprint density at radius 2 is 1.85 bits per heavy atom. The summed E-state index contributed by atoms with van der Waals surface area (Å²) in [5.74, 6) is -0.144. The Kier molecular flexibility index (Phi) is 6.16. The molecule has 2 aliphatic rings. The summed E-state index contributed by atoms with van der Waals surface area (Å²) in [5, 5.41) is 2.96. The monoisotopic (exact) mass is 469 g/mol. The van der Waals surface area contributed by atoms with Crippen LogP contribution in [0.5, 0.6) is 0 Å². The van der Waals surface area contributed by atoms with Crippen LogP contribution >= 0.6 is 11.8 Å². The summed E-state index contributed by atoms with van der Waals surface area (Å²) in [6, 6.07) is 24.1. The molecule has 5 rings (SSSR count). The summed E-state index contributed by atoms with van der Waals surface area (Å²) in [7, 11) is 0. The highest BCUT2D eigenvalue weighted by Gasteiger charge is 2.29. The van der Waals surface area contributed by atoms with Crippen LogP contribution in [-0.4, -0.2) is 42.4 Å². The van der Waals surface area contributed by atoms with Crippen molar-refractivity contribution in [2.45, 2.75) is 24.8 Å². The normalized spacial score (nSPS) is 19.1. The lowest BCUT2D eigenvalue weighted by Crippen LogP contribution is -2.53. The molecule has 0 aliphatic carbocycles. The van der Waals surface area contributed by atoms with E-state index in [-0.39, 0.29) is 17.9 Å². The summed E-state index contributed by atoms with van der Waals surface area (Å²) >= 11 is 1.43. The zero-order valence-corrected chi connectivity index (χ0v) is 20.1. The molecule has 0 saturated carbocycles. The minimum absolute atomic E-state index is 0.00316. The molecule has 2 amide bonds. The maximum atomic E-state index is 13.3. The number of nitrogens with zero attached hydrogens (tertiary/aromatic N) is 2. The lowest BCUT2D eigenvalue weighted by Gasteiger charge is -2.41. The van der Waals surface area contributed by atoms with Gasteiger partial charge in [0.05, 0.1) is 10.6 Å². The molecular formula is C28H27N3O2S. The number of carbonyl (C=O) groups excluding carboxylic acids is 2. The van der Waals surface area contributed by atoms with Gasteiger partial charge in [-0.05, 0) is 61.4 Å². The summed E-state index contributed by atoms with van der Waals surface area (Å²) in [6.45, 7) is 6.38. The Labute approximate surface area is 204 Å². The van der Waals surface area contributed by atoms with Crippen molar-refractivity contribution < 1.29 is 9.59 Å². The fraction of sp³-hybridized carbons (Fsp3) is 0.214. The van der Waals surface area contributed by atoms with E-state index in [4.69, 9.17) is 0 Å². The second-order valence-corrected chi connectivity index (χ2v) is 9.90. The molecule has 6 heteroatoms. The smallest absolute Gasteiger partial charge is 0.262 e. The Morgan fingerprint density at radius 1 is 1.03 bits per heavy atom. The van der Waals surface area contributed by atoms with Crippen LogP contribution in [0.4, 0.5) is 11.4 Å². The van der Waals surface area contributed by atoms with Crippen molar-refractivity contribution in [2.75, 3.05) is 29.9 Å². The highest BCUT2D eigenvalue weighted by atomic mass is 32.2. The maximum absolute atomic E-state index is 13.3. The van der Waals surface area contributed by atoms with Crippen molar-refractivity contribution >= 4 is 41.0 Å². The topological polar surface area (TPSA) is 52.6 Å². The Bertz CT molecular complexity index is 1270. The lowest BCUT2D eigenvalue weighted by molar-refractivity contribution is -0.112. The standard InChI is InChI=1S/C28H27N3O2S/c1-19-7-6-10-23(15-19)31-14-13-30(18-20(31)2)28(33)22-11-12-25-24(17-22)29-27(32)26(34-25)16-21-8-4-3-5-9-21/h3-12,15-17,20H,13-14,18H2,1-2H3,(H,29,32). The van der Waals surface area contributed by atoms with E-state index >= 15 is 0 Å². The largest absolute Gasteiger partial charge is 0.365 e. The fourth-order valence-corrected chi connectivity index (χ4v) is 5.44. The highest BCUT2D eigenvalue weighted by Crippen LogP contribution is 2.39. The number of thioether (sulfide) groups is 1. The number of hydrogen-bond acceptors (Lipinski definition) is 4. The number of rotatable bonds is 3. The van der Waals surface area contributed by atoms with Crippen molar-refractivity contribution in [3.63, 3.8) is 0 Å². The summed E-state index contributed by atoms with van der Waals surface area (Å²) in [5.41, 5.74) is 4.71. The molecule has 1 atom stereocenters. The minimum Gasteiger partial charge on any atom is -0.365 e. The van der Waals surface area contributed by atoms with Gasteiger partial charge < -0.3 is 15.1 Å². The third-order valence-electron chi connectivity index (χ3n) is 6.26. The summed E-state index contributed by atoms with van der Waals surface area (Å²) < 4.78 is 0. The van der Waals surface area contributed by atoms with Gasteiger partial charge in [-0.15, -0.1) is 0 Å². The van der Waals surface area contributed by atoms with E-state index in [2.05, 4.69) is 48.3 Å². The average Bonchev–Trinajstić information content (AvgIpc) is 2.84. The van der Waals surface area contributed by atoms with Gasteiger partial charge in [-0.25, -0.2) is 0 Å². The average molecular weight is 470 g/mol. The number of benzene rings is 3. The molecule has 5 nitrogen and oxygen atoms in total. The number of piperazine rings is 1. The second kappa shape index (κ2) is 9.39. The first-order valence-electron chi connectivity index (χ1n) is 11.5. The quantitative estimate of drug-likeness (QED) is 0.520. The van der Waals surface area contributed by atoms with Crippen molar-refractivity contribution in [1.82, 2.24) is 4.90 Å². The summed E-state index contributed by atoms with van der Waals surface area (Å²) in [6.07, 6.45) is 1.89. The van der Waals surface area contributed by atoms with Gasteiger partial charge in [0.2, 0.25) is 0 Å². The van der Waals surface area contributed by atoms with Gasteiger partial charge in [0, 0.05) is 41.8 Å². The van der Waals surface area contributed by atoms with Gasteiger partial charge in [-0.1, -0.05) is 54.2 Å². The molecule has 3 aromatic carbocycles. The van der Waals surface area contributed by atoms with E-state index in [1.807, 2.05) is 53.4 Å². The van der Waals surface area contributed by atoms with Crippen LogP contribution in [0.2, 0.25) is 0 Å². The predicted octanol–water partition coefficient (Wildman–Crippen LogP) is 5.43. The van der Waals surface area contributed by atoms with E-state index in [0.29, 0.717) is 29.2 Å². The highest BCUT2D eigenvalue weighted by molar-refractivity contribution is 8.04. The van der Waals surface area contributed by atoms with Gasteiger partial charge in [0.15, 0.2) is 0 Å². The van der Waals surface area contributed by atoms with E-state index < -0.39 is 0 Å². The SMILES string of the molecule is Cc1cccc(N2CCN(C(=O)c3ccc4c(c3)NC(=O)C(=Cc3ccccc3)S4)CC2C)c1. The van der Waals surface area contributed by atoms with Crippen molar-refractivity contribution in [2.24, 2.45) is 0 Å². The van der Waals surface area contributed by atoms with E-state index in [9.17, 15) is 9.59 Å². The van der Waals surface area contributed by atoms with Crippen molar-refractivity contribution in [3.8, 4) is 0 Å². The van der Waals surface area contributed by atoms with E-state index in [0.717, 1.165) is 17.0 Å². The van der Waals surface area contributed by atoms with Crippen molar-refractivity contribution in [3.05, 3.63) is 94.4 Å². The van der Waals surface area contributed by atoms with Crippen LogP contribution < -0.4 is 10.2 Å². The minimum atomic E-state index is -0.147. The number of hydrogen-bond donors (Lipinski definition) is 1. The van der Waals surface area contributed by atoms with Crippen LogP contribution in [-0.2, 0) is 4.79 Å². The van der Waals surface area contributed by atoms with Gasteiger partial charge in [0.1, 0.15) is 0 Å². The zero-order chi connectivity index (χ0) is 23.7. The molecule has 2 heterocycles. The summed E-state index contributed by atoms with van der Waals surface area (Å²) in [4.78, 5) is 31.8. The first kappa shape index (κ1) is 22.3. The molecule has 1 saturated heterocycles. The number of anilines is 2. The molecular weight excluding hydrogens is 442 g/mol. The van der Waals surface area contributed by atoms with Gasteiger partial charge in [-0.2, -0.15) is 0 Å². The van der Waals surface area contributed by atoms with Crippen LogP contribution in [0.1, 0.15) is 28.4 Å². The number of fused-ring (bicyclic) bond motifs is 1. The molecule has 1 fully saturated rings. The second-order valence-electron chi connectivity index (χ2n) is 8.82. The predicted molar refractivity (Wildman–Crippen MR) is 139 cm³/mol. The molecule has 1 unspecified atom stereocenters. The van der Waals surface area contributed by atoms with Crippen LogP contribution in [0.15, 0.2) is 82.6 Å². The third kappa shape index (κ3) is 4.59. The maximum Gasteiger partial charge on any atom is 0.262 e.